The van der Waals surface area contributed by atoms with Crippen molar-refractivity contribution in [2.75, 3.05) is 0 Å². The van der Waals surface area contributed by atoms with Gasteiger partial charge in [-0.2, -0.15) is 12.2 Å². The Balaban J connectivity index is -0.000000130. The molecule has 0 bridgehead atoms. The van der Waals surface area contributed by atoms with Crippen LogP contribution in [0.15, 0.2) is 34.7 Å². The van der Waals surface area contributed by atoms with Gasteiger partial charge in [0, 0.05) is 9.52 Å². The summed E-state index contributed by atoms with van der Waals surface area (Å²) in [5.74, 6) is 0. The zero-order chi connectivity index (χ0) is 16.5. The maximum Gasteiger partial charge on any atom is 4.00 e. The molecule has 22 heavy (non-hydrogen) atoms. The summed E-state index contributed by atoms with van der Waals surface area (Å²) >= 11 is 0. The summed E-state index contributed by atoms with van der Waals surface area (Å²) in [6, 6.07) is 0. The van der Waals surface area contributed by atoms with Gasteiger partial charge in [-0.15, -0.1) is 12.8 Å². The van der Waals surface area contributed by atoms with Crippen LogP contribution in [0.1, 0.15) is 15.7 Å². The van der Waals surface area contributed by atoms with E-state index in [0.717, 1.165) is 22.4 Å². The predicted molar refractivity (Wildman–Crippen MR) is 109 cm³/mol. The van der Waals surface area contributed by atoms with Crippen LogP contribution in [-0.2, 0) is 26.2 Å². The topological polar surface area (TPSA) is 0 Å². The van der Waals surface area contributed by atoms with Gasteiger partial charge in [-0.3, -0.25) is 12.2 Å². The van der Waals surface area contributed by atoms with Crippen LogP contribution in [0.2, 0.25) is 52.4 Å². The van der Waals surface area contributed by atoms with Gasteiger partial charge in [0.05, 0.1) is 0 Å². The van der Waals surface area contributed by atoms with Gasteiger partial charge in [0.2, 0.25) is 0 Å². The Morgan fingerprint density at radius 2 is 1.09 bits per heavy atom. The molecule has 4 heteroatoms. The van der Waals surface area contributed by atoms with Gasteiger partial charge in [-0.05, 0) is 16.1 Å². The molecule has 0 aromatic heterocycles. The van der Waals surface area contributed by atoms with E-state index in [1.807, 2.05) is 0 Å². The molecule has 0 spiro atoms. The average molecular weight is 427 g/mol. The first-order chi connectivity index (χ1) is 9.62. The minimum absolute atomic E-state index is 0. The van der Waals surface area contributed by atoms with Crippen molar-refractivity contribution >= 4 is 25.7 Å². The fraction of sp³-hybridized carbons (Fsp3) is 0.556. The third-order valence-electron chi connectivity index (χ3n) is 3.13. The summed E-state index contributed by atoms with van der Waals surface area (Å²) in [4.78, 5) is 0. The van der Waals surface area contributed by atoms with Crippen LogP contribution in [0.4, 0.5) is 0 Å². The number of rotatable bonds is 2. The average Bonchev–Trinajstić information content (AvgIpc) is 3.03. The van der Waals surface area contributed by atoms with E-state index in [1.54, 1.807) is 10.4 Å². The minimum atomic E-state index is -0.981. The predicted octanol–water partition coefficient (Wildman–Crippen LogP) is 5.85. The number of hydrogen-bond donors (Lipinski definition) is 0. The van der Waals surface area contributed by atoms with Crippen molar-refractivity contribution in [1.29, 1.82) is 0 Å². The van der Waals surface area contributed by atoms with Gasteiger partial charge in [-0.1, -0.05) is 52.4 Å². The maximum atomic E-state index is 3.20. The van der Waals surface area contributed by atoms with Crippen molar-refractivity contribution in [2.45, 2.75) is 65.2 Å². The van der Waals surface area contributed by atoms with Crippen molar-refractivity contribution in [3.8, 4) is 0 Å². The Bertz CT molecular complexity index is 389. The number of allylic oxidation sites excluding steroid dienone is 8. The Hall–Kier alpha value is 0.494. The first-order valence-corrected chi connectivity index (χ1v) is 17.2. The molecule has 0 saturated carbocycles. The maximum absolute atomic E-state index is 3.20. The van der Waals surface area contributed by atoms with Crippen LogP contribution in [0.25, 0.3) is 0 Å². The molecule has 0 aromatic carbocycles. The molecule has 2 aliphatic rings. The van der Waals surface area contributed by atoms with E-state index in [0.29, 0.717) is 0 Å². The molecular weight excluding hydrogens is 392 g/mol. The molecule has 0 saturated heterocycles. The zero-order valence-electron chi connectivity index (χ0n) is 17.8. The standard InChI is InChI=1S/2C8H13Si.C2H7Si.Zr.2H/c2*1-9(2,3)8-6-4-5-7-8;1-3-2;;;/h2*6-7H,4H2,1-3H3;3H,1-2H3;;;/q2*-1;;+4;2*-1. The monoisotopic (exact) mass is 425 g/mol. The Kier molecular flexibility index (Phi) is 13.4. The molecule has 1 radical (unpaired) electrons. The summed E-state index contributed by atoms with van der Waals surface area (Å²) in [7, 11) is -1.21. The summed E-state index contributed by atoms with van der Waals surface area (Å²) in [6.07, 6.45) is 17.4. The van der Waals surface area contributed by atoms with Crippen molar-refractivity contribution in [3.63, 3.8) is 0 Å². The van der Waals surface area contributed by atoms with E-state index in [-0.39, 0.29) is 29.1 Å². The largest absolute Gasteiger partial charge is 4.00 e. The molecular formula is C18H35Si3Zr. The van der Waals surface area contributed by atoms with E-state index in [1.165, 1.54) is 0 Å². The SMILES string of the molecule is C[SiH]C.C[Si](C)(C)C1=CC[C-]=C1.C[Si](C)(C)C1=CC[C-]=C1.[H-].[H-].[Zr+4]. The van der Waals surface area contributed by atoms with Crippen molar-refractivity contribution in [3.05, 3.63) is 46.8 Å². The molecule has 0 fully saturated rings. The van der Waals surface area contributed by atoms with Gasteiger partial charge in [0.15, 0.2) is 0 Å². The molecule has 0 heterocycles. The molecule has 0 unspecified atom stereocenters. The van der Waals surface area contributed by atoms with E-state index < -0.39 is 16.1 Å². The summed E-state index contributed by atoms with van der Waals surface area (Å²) in [5, 5.41) is 3.12. The van der Waals surface area contributed by atoms with Crippen LogP contribution in [-0.4, -0.2) is 25.7 Å². The Morgan fingerprint density at radius 1 is 0.818 bits per heavy atom. The Morgan fingerprint density at radius 3 is 1.18 bits per heavy atom. The van der Waals surface area contributed by atoms with Gasteiger partial charge >= 0.3 is 26.2 Å². The summed E-state index contributed by atoms with van der Waals surface area (Å²) < 4.78 is 0. The van der Waals surface area contributed by atoms with Crippen LogP contribution < -0.4 is 0 Å². The quantitative estimate of drug-likeness (QED) is 0.384. The van der Waals surface area contributed by atoms with Gasteiger partial charge < -0.3 is 2.85 Å². The second kappa shape index (κ2) is 11.9. The molecule has 2 aliphatic carbocycles. The van der Waals surface area contributed by atoms with E-state index in [4.69, 9.17) is 0 Å². The van der Waals surface area contributed by atoms with Crippen LogP contribution >= 0.6 is 0 Å². The molecule has 123 valence electrons. The third kappa shape index (κ3) is 11.1. The number of hydrogen-bond acceptors (Lipinski definition) is 0. The molecule has 0 amide bonds. The molecule has 0 aromatic rings. The van der Waals surface area contributed by atoms with Crippen LogP contribution in [0, 0.1) is 12.2 Å². The molecule has 0 N–H and O–H groups in total. The fourth-order valence-corrected chi connectivity index (χ4v) is 4.34. The van der Waals surface area contributed by atoms with Crippen molar-refractivity contribution in [2.24, 2.45) is 0 Å². The molecule has 0 aliphatic heterocycles. The molecule has 0 nitrogen and oxygen atoms in total. The van der Waals surface area contributed by atoms with Crippen molar-refractivity contribution < 1.29 is 29.1 Å². The smallest absolute Gasteiger partial charge is 1.00 e. The Labute approximate surface area is 166 Å². The van der Waals surface area contributed by atoms with E-state index in [2.05, 4.69) is 88.8 Å². The summed E-state index contributed by atoms with van der Waals surface area (Å²) in [6.45, 7) is 18.6. The van der Waals surface area contributed by atoms with Crippen LogP contribution in [0.5, 0.6) is 0 Å². The summed E-state index contributed by atoms with van der Waals surface area (Å²) in [5.41, 5.74) is 0. The van der Waals surface area contributed by atoms with E-state index >= 15 is 0 Å². The second-order valence-corrected chi connectivity index (χ2v) is 18.8. The van der Waals surface area contributed by atoms with Crippen LogP contribution in [0.3, 0.4) is 0 Å². The normalized spacial score (nSPS) is 15.8. The second-order valence-electron chi connectivity index (χ2n) is 7.50. The first-order valence-electron chi connectivity index (χ1n) is 7.91. The first kappa shape index (κ1) is 24.7. The van der Waals surface area contributed by atoms with Gasteiger partial charge in [0.1, 0.15) is 0 Å². The van der Waals surface area contributed by atoms with Gasteiger partial charge in [0.25, 0.3) is 0 Å². The minimum Gasteiger partial charge on any atom is -1.00 e. The third-order valence-corrected chi connectivity index (χ3v) is 7.29. The van der Waals surface area contributed by atoms with Gasteiger partial charge in [-0.25, -0.2) is 22.5 Å². The van der Waals surface area contributed by atoms with Crippen molar-refractivity contribution in [1.82, 2.24) is 0 Å². The fourth-order valence-electron chi connectivity index (χ4n) is 1.84. The zero-order valence-corrected chi connectivity index (χ0v) is 21.4. The van der Waals surface area contributed by atoms with E-state index in [9.17, 15) is 0 Å². The molecule has 0 atom stereocenters. The molecule has 2 rings (SSSR count).